The lowest BCUT2D eigenvalue weighted by molar-refractivity contribution is 0.334. The normalized spacial score (nSPS) is 25.3. The van der Waals surface area contributed by atoms with Crippen LogP contribution in [0, 0.1) is 5.92 Å². The first kappa shape index (κ1) is 10.9. The Kier molecular flexibility index (Phi) is 2.71. The molecule has 3 rings (SSSR count). The largest absolute Gasteiger partial charge is 0.494 e. The van der Waals surface area contributed by atoms with Crippen molar-refractivity contribution in [3.63, 3.8) is 0 Å². The van der Waals surface area contributed by atoms with Gasteiger partial charge in [-0.2, -0.15) is 0 Å². The van der Waals surface area contributed by atoms with E-state index in [4.69, 9.17) is 15.2 Å². The average molecular weight is 233 g/mol. The van der Waals surface area contributed by atoms with Crippen LogP contribution in [0.1, 0.15) is 30.4 Å². The summed E-state index contributed by atoms with van der Waals surface area (Å²) in [5.74, 6) is 3.32. The lowest BCUT2D eigenvalue weighted by atomic mass is 9.98. The summed E-state index contributed by atoms with van der Waals surface area (Å²) in [4.78, 5) is 0. The molecule has 1 aromatic carbocycles. The maximum atomic E-state index is 5.76. The standard InChI is InChI=1S/C14H19NO2/c1-2-16-13-4-3-12-10(5-6-17-12)14(13)11-7-9(11)8-15/h3-4,9,11H,2,5-8,15H2,1H3/t9-,11+/m0/s1. The Morgan fingerprint density at radius 1 is 1.47 bits per heavy atom. The summed E-state index contributed by atoms with van der Waals surface area (Å²) in [5, 5.41) is 0. The quantitative estimate of drug-likeness (QED) is 0.866. The van der Waals surface area contributed by atoms with E-state index in [9.17, 15) is 0 Å². The maximum Gasteiger partial charge on any atom is 0.123 e. The Morgan fingerprint density at radius 2 is 2.35 bits per heavy atom. The molecule has 0 saturated heterocycles. The molecule has 3 nitrogen and oxygen atoms in total. The zero-order valence-electron chi connectivity index (χ0n) is 10.2. The van der Waals surface area contributed by atoms with E-state index < -0.39 is 0 Å². The van der Waals surface area contributed by atoms with Gasteiger partial charge < -0.3 is 15.2 Å². The summed E-state index contributed by atoms with van der Waals surface area (Å²) in [5.41, 5.74) is 8.49. The van der Waals surface area contributed by atoms with Gasteiger partial charge >= 0.3 is 0 Å². The molecule has 2 atom stereocenters. The highest BCUT2D eigenvalue weighted by Gasteiger charge is 2.41. The number of ether oxygens (including phenoxy) is 2. The number of nitrogens with two attached hydrogens (primary N) is 1. The second-order valence-electron chi connectivity index (χ2n) is 4.82. The van der Waals surface area contributed by atoms with Crippen molar-refractivity contribution >= 4 is 0 Å². The summed E-state index contributed by atoms with van der Waals surface area (Å²) in [6.45, 7) is 4.33. The van der Waals surface area contributed by atoms with Gasteiger partial charge in [-0.1, -0.05) is 0 Å². The molecule has 1 aromatic rings. The van der Waals surface area contributed by atoms with Gasteiger partial charge in [0.2, 0.25) is 0 Å². The van der Waals surface area contributed by atoms with Crippen LogP contribution in [0.5, 0.6) is 11.5 Å². The monoisotopic (exact) mass is 233 g/mol. The first-order valence-corrected chi connectivity index (χ1v) is 6.46. The molecule has 92 valence electrons. The van der Waals surface area contributed by atoms with Crippen molar-refractivity contribution in [2.45, 2.75) is 25.7 Å². The highest BCUT2D eigenvalue weighted by atomic mass is 16.5. The molecule has 1 aliphatic heterocycles. The van der Waals surface area contributed by atoms with E-state index in [-0.39, 0.29) is 0 Å². The van der Waals surface area contributed by atoms with Gasteiger partial charge in [-0.3, -0.25) is 0 Å². The van der Waals surface area contributed by atoms with E-state index in [1.54, 1.807) is 0 Å². The molecule has 1 aliphatic carbocycles. The van der Waals surface area contributed by atoms with Crippen molar-refractivity contribution in [2.75, 3.05) is 19.8 Å². The van der Waals surface area contributed by atoms with Gasteiger partial charge in [0.1, 0.15) is 11.5 Å². The molecule has 1 heterocycles. The Bertz CT molecular complexity index is 430. The molecule has 17 heavy (non-hydrogen) atoms. The molecule has 0 spiro atoms. The van der Waals surface area contributed by atoms with E-state index in [0.717, 1.165) is 31.1 Å². The number of fused-ring (bicyclic) bond motifs is 1. The molecule has 3 heteroatoms. The summed E-state index contributed by atoms with van der Waals surface area (Å²) in [6.07, 6.45) is 2.21. The fraction of sp³-hybridized carbons (Fsp3) is 0.571. The van der Waals surface area contributed by atoms with E-state index in [1.165, 1.54) is 17.5 Å². The van der Waals surface area contributed by atoms with E-state index in [0.29, 0.717) is 18.4 Å². The van der Waals surface area contributed by atoms with Gasteiger partial charge in [0.15, 0.2) is 0 Å². The summed E-state index contributed by atoms with van der Waals surface area (Å²) >= 11 is 0. The minimum Gasteiger partial charge on any atom is -0.494 e. The first-order valence-electron chi connectivity index (χ1n) is 6.46. The van der Waals surface area contributed by atoms with Gasteiger partial charge in [0.25, 0.3) is 0 Å². The fourth-order valence-corrected chi connectivity index (χ4v) is 2.83. The smallest absolute Gasteiger partial charge is 0.123 e. The zero-order chi connectivity index (χ0) is 11.8. The molecule has 2 aliphatic rings. The zero-order valence-corrected chi connectivity index (χ0v) is 10.2. The average Bonchev–Trinajstić information content (AvgIpc) is 2.96. The van der Waals surface area contributed by atoms with Crippen LogP contribution in [0.25, 0.3) is 0 Å². The third-order valence-corrected chi connectivity index (χ3v) is 3.78. The second-order valence-corrected chi connectivity index (χ2v) is 4.82. The Hall–Kier alpha value is -1.22. The summed E-state index contributed by atoms with van der Waals surface area (Å²) < 4.78 is 11.4. The van der Waals surface area contributed by atoms with Crippen molar-refractivity contribution in [1.82, 2.24) is 0 Å². The van der Waals surface area contributed by atoms with Crippen LogP contribution >= 0.6 is 0 Å². The number of rotatable bonds is 4. The molecule has 0 bridgehead atoms. The molecule has 1 saturated carbocycles. The SMILES string of the molecule is CCOc1ccc2c(c1[C@@H]1C[C@H]1CN)CCO2. The van der Waals surface area contributed by atoms with Crippen molar-refractivity contribution < 1.29 is 9.47 Å². The van der Waals surface area contributed by atoms with Gasteiger partial charge in [-0.05, 0) is 43.9 Å². The molecule has 2 N–H and O–H groups in total. The number of benzene rings is 1. The number of hydrogen-bond acceptors (Lipinski definition) is 3. The summed E-state index contributed by atoms with van der Waals surface area (Å²) in [6, 6.07) is 4.09. The minimum absolute atomic E-state index is 0.596. The lowest BCUT2D eigenvalue weighted by Crippen LogP contribution is -2.04. The molecular weight excluding hydrogens is 214 g/mol. The molecule has 0 radical (unpaired) electrons. The predicted molar refractivity (Wildman–Crippen MR) is 66.7 cm³/mol. The van der Waals surface area contributed by atoms with Crippen LogP contribution < -0.4 is 15.2 Å². The van der Waals surface area contributed by atoms with Gasteiger partial charge in [-0.15, -0.1) is 0 Å². The van der Waals surface area contributed by atoms with E-state index >= 15 is 0 Å². The summed E-state index contributed by atoms with van der Waals surface area (Å²) in [7, 11) is 0. The van der Waals surface area contributed by atoms with Gasteiger partial charge in [-0.25, -0.2) is 0 Å². The Morgan fingerprint density at radius 3 is 3.06 bits per heavy atom. The Balaban J connectivity index is 2.00. The maximum absolute atomic E-state index is 5.76. The Labute approximate surface area is 102 Å². The van der Waals surface area contributed by atoms with Crippen molar-refractivity contribution in [2.24, 2.45) is 11.7 Å². The lowest BCUT2D eigenvalue weighted by Gasteiger charge is -2.13. The van der Waals surface area contributed by atoms with Crippen LogP contribution in [-0.2, 0) is 6.42 Å². The molecule has 1 fully saturated rings. The highest BCUT2D eigenvalue weighted by molar-refractivity contribution is 5.54. The van der Waals surface area contributed by atoms with Crippen molar-refractivity contribution in [1.29, 1.82) is 0 Å². The first-order chi connectivity index (χ1) is 8.35. The van der Waals surface area contributed by atoms with Crippen LogP contribution in [0.3, 0.4) is 0 Å². The third-order valence-electron chi connectivity index (χ3n) is 3.78. The molecule has 0 amide bonds. The van der Waals surface area contributed by atoms with Crippen LogP contribution in [0.2, 0.25) is 0 Å². The van der Waals surface area contributed by atoms with E-state index in [2.05, 4.69) is 6.07 Å². The van der Waals surface area contributed by atoms with Crippen LogP contribution in [0.4, 0.5) is 0 Å². The molecule has 0 aromatic heterocycles. The molecular formula is C14H19NO2. The third kappa shape index (κ3) is 1.78. The van der Waals surface area contributed by atoms with Gasteiger partial charge in [0, 0.05) is 17.5 Å². The number of hydrogen-bond donors (Lipinski definition) is 1. The predicted octanol–water partition coefficient (Wildman–Crippen LogP) is 2.08. The van der Waals surface area contributed by atoms with Crippen molar-refractivity contribution in [3.05, 3.63) is 23.3 Å². The van der Waals surface area contributed by atoms with Crippen molar-refractivity contribution in [3.8, 4) is 11.5 Å². The minimum atomic E-state index is 0.596. The molecule has 0 unspecified atom stereocenters. The fourth-order valence-electron chi connectivity index (χ4n) is 2.83. The second kappa shape index (κ2) is 4.22. The van der Waals surface area contributed by atoms with Crippen LogP contribution in [0.15, 0.2) is 12.1 Å². The highest BCUT2D eigenvalue weighted by Crippen LogP contribution is 2.53. The topological polar surface area (TPSA) is 44.5 Å². The van der Waals surface area contributed by atoms with Crippen LogP contribution in [-0.4, -0.2) is 19.8 Å². The van der Waals surface area contributed by atoms with E-state index in [1.807, 2.05) is 13.0 Å². The van der Waals surface area contributed by atoms with Gasteiger partial charge in [0.05, 0.1) is 13.2 Å².